The van der Waals surface area contributed by atoms with Crippen molar-refractivity contribution in [3.05, 3.63) is 145 Å². The topological polar surface area (TPSA) is 46.4 Å². The van der Waals surface area contributed by atoms with Crippen LogP contribution in [0, 0.1) is 32.6 Å². The first-order valence-corrected chi connectivity index (χ1v) is 17.5. The molecule has 4 heterocycles. The third-order valence-corrected chi connectivity index (χ3v) is 9.76. The number of benzene rings is 4. The summed E-state index contributed by atoms with van der Waals surface area (Å²) in [6, 6.07) is 36.6. The number of nitrogens with zero attached hydrogens (tertiary/aromatic N) is 5. The summed E-state index contributed by atoms with van der Waals surface area (Å²) in [5.74, 6) is 2.06. The van der Waals surface area contributed by atoms with Crippen LogP contribution in [-0.4, -0.2) is 14.5 Å². The molecule has 0 spiro atoms. The van der Waals surface area contributed by atoms with Crippen molar-refractivity contribution in [3.8, 4) is 17.3 Å². The van der Waals surface area contributed by atoms with Crippen molar-refractivity contribution in [1.29, 1.82) is 0 Å². The molecule has 4 aromatic carbocycles. The Bertz CT molecular complexity index is 2430. The smallest absolute Gasteiger partial charge is 0.135 e. The van der Waals surface area contributed by atoms with Gasteiger partial charge in [0.05, 0.1) is 5.69 Å². The van der Waals surface area contributed by atoms with E-state index < -0.39 is 0 Å². The number of rotatable bonds is 5. The SMILES string of the molecule is Cc1cc(C(C)(C)C)cc(C)c1N1[CH-]N(c2[c-]c(Oc3[c-]c4c(cc3)c3ccccc3n4-c3cc(C(C)(C)C)ccn3)ccc2)c2cnccc21.[Pt]. The van der Waals surface area contributed by atoms with E-state index in [1.807, 2.05) is 42.9 Å². The molecule has 8 rings (SSSR count). The second-order valence-electron chi connectivity index (χ2n) is 15.5. The van der Waals surface area contributed by atoms with Crippen molar-refractivity contribution >= 4 is 44.6 Å². The van der Waals surface area contributed by atoms with Crippen molar-refractivity contribution in [2.45, 2.75) is 66.2 Å². The molecule has 0 radical (unpaired) electrons. The molecule has 0 fully saturated rings. The van der Waals surface area contributed by atoms with Gasteiger partial charge >= 0.3 is 0 Å². The Labute approximate surface area is 321 Å². The number of anilines is 4. The second kappa shape index (κ2) is 13.2. The van der Waals surface area contributed by atoms with Crippen LogP contribution in [0.5, 0.6) is 11.5 Å². The molecule has 0 saturated heterocycles. The van der Waals surface area contributed by atoms with Gasteiger partial charge in [0.1, 0.15) is 5.82 Å². The fourth-order valence-electron chi connectivity index (χ4n) is 7.08. The van der Waals surface area contributed by atoms with Gasteiger partial charge in [-0.05, 0) is 76.6 Å². The average Bonchev–Trinajstić information content (AvgIpc) is 3.63. The Morgan fingerprint density at radius 1 is 0.673 bits per heavy atom. The minimum Gasteiger partial charge on any atom is -0.509 e. The van der Waals surface area contributed by atoms with E-state index >= 15 is 0 Å². The summed E-state index contributed by atoms with van der Waals surface area (Å²) in [4.78, 5) is 13.7. The summed E-state index contributed by atoms with van der Waals surface area (Å²) in [7, 11) is 0. The van der Waals surface area contributed by atoms with Crippen LogP contribution in [0.4, 0.5) is 22.7 Å². The van der Waals surface area contributed by atoms with E-state index in [0.717, 1.165) is 44.7 Å². The minimum absolute atomic E-state index is 0. The van der Waals surface area contributed by atoms with Crippen molar-refractivity contribution in [1.82, 2.24) is 14.5 Å². The summed E-state index contributed by atoms with van der Waals surface area (Å²) in [5.41, 5.74) is 11.1. The van der Waals surface area contributed by atoms with Gasteiger partial charge in [-0.25, -0.2) is 4.98 Å². The van der Waals surface area contributed by atoms with Gasteiger partial charge in [-0.3, -0.25) is 4.98 Å². The van der Waals surface area contributed by atoms with Gasteiger partial charge in [-0.15, -0.1) is 48.1 Å². The molecule has 7 heteroatoms. The molecule has 3 aromatic heterocycles. The molecule has 0 unspecified atom stereocenters. The van der Waals surface area contributed by atoms with E-state index in [9.17, 15) is 0 Å². The fourth-order valence-corrected chi connectivity index (χ4v) is 7.08. The maximum Gasteiger partial charge on any atom is 0.135 e. The molecule has 0 saturated carbocycles. The fraction of sp³-hybridized carbons (Fsp3) is 0.222. The van der Waals surface area contributed by atoms with Gasteiger partial charge in [0.2, 0.25) is 0 Å². The Kier molecular flexibility index (Phi) is 9.03. The van der Waals surface area contributed by atoms with Crippen molar-refractivity contribution in [2.24, 2.45) is 0 Å². The summed E-state index contributed by atoms with van der Waals surface area (Å²) < 4.78 is 8.70. The largest absolute Gasteiger partial charge is 0.509 e. The van der Waals surface area contributed by atoms with E-state index in [1.54, 1.807) is 0 Å². The van der Waals surface area contributed by atoms with E-state index in [0.29, 0.717) is 11.5 Å². The first-order valence-electron chi connectivity index (χ1n) is 17.5. The Morgan fingerprint density at radius 2 is 1.40 bits per heavy atom. The third kappa shape index (κ3) is 6.28. The predicted molar refractivity (Wildman–Crippen MR) is 209 cm³/mol. The number of para-hydroxylation sites is 1. The number of pyridine rings is 2. The number of hydrogen-bond donors (Lipinski definition) is 0. The van der Waals surface area contributed by atoms with Crippen molar-refractivity contribution < 1.29 is 25.8 Å². The van der Waals surface area contributed by atoms with E-state index in [4.69, 9.17) is 9.72 Å². The molecule has 1 aliphatic heterocycles. The maximum absolute atomic E-state index is 6.52. The molecule has 0 atom stereocenters. The first-order chi connectivity index (χ1) is 24.4. The molecule has 6 nitrogen and oxygen atoms in total. The standard InChI is InChI=1S/C45H42N5O.Pt/c1-29-22-32(45(6,7)8)23-30(2)43(29)49-28-48(41-27-46-20-19-39(41)49)33-12-11-13-34(25-33)51-35-16-17-37-36-14-9-10-15-38(36)50(40(37)26-35)42-24-31(18-21-47-42)44(3,4)5;/h9-24,27-28H,1-8H3;/q-3;. The summed E-state index contributed by atoms with van der Waals surface area (Å²) in [5, 5.41) is 2.24. The molecule has 1 aliphatic rings. The van der Waals surface area contributed by atoms with Crippen LogP contribution in [0.25, 0.3) is 27.6 Å². The van der Waals surface area contributed by atoms with Gasteiger partial charge in [-0.2, -0.15) is 12.1 Å². The summed E-state index contributed by atoms with van der Waals surface area (Å²) >= 11 is 0. The molecule has 0 aliphatic carbocycles. The Morgan fingerprint density at radius 3 is 2.15 bits per heavy atom. The van der Waals surface area contributed by atoms with Crippen LogP contribution < -0.4 is 14.5 Å². The Balaban J connectivity index is 0.00000420. The van der Waals surface area contributed by atoms with Crippen LogP contribution in [0.2, 0.25) is 0 Å². The number of ether oxygens (including phenoxy) is 1. The normalized spacial score (nSPS) is 13.1. The van der Waals surface area contributed by atoms with E-state index in [2.05, 4.69) is 154 Å². The number of aryl methyl sites for hydroxylation is 2. The maximum atomic E-state index is 6.52. The van der Waals surface area contributed by atoms with Crippen LogP contribution in [0.1, 0.15) is 63.8 Å². The summed E-state index contributed by atoms with van der Waals surface area (Å²) in [6.07, 6.45) is 5.65. The zero-order valence-electron chi connectivity index (χ0n) is 30.9. The van der Waals surface area contributed by atoms with E-state index in [-0.39, 0.29) is 31.9 Å². The zero-order valence-corrected chi connectivity index (χ0v) is 33.1. The quantitative estimate of drug-likeness (QED) is 0.161. The van der Waals surface area contributed by atoms with Crippen LogP contribution in [0.15, 0.2) is 104 Å². The first kappa shape index (κ1) is 35.5. The van der Waals surface area contributed by atoms with Gasteiger partial charge in [0, 0.05) is 68.0 Å². The average molecular weight is 864 g/mol. The number of aromatic nitrogens is 3. The summed E-state index contributed by atoms with van der Waals surface area (Å²) in [6.45, 7) is 20.0. The molecule has 52 heavy (non-hydrogen) atoms. The molecule has 0 amide bonds. The van der Waals surface area contributed by atoms with Gasteiger partial charge < -0.3 is 19.1 Å². The van der Waals surface area contributed by atoms with E-state index in [1.165, 1.54) is 27.9 Å². The van der Waals surface area contributed by atoms with Crippen LogP contribution >= 0.6 is 0 Å². The third-order valence-electron chi connectivity index (χ3n) is 9.76. The van der Waals surface area contributed by atoms with Crippen LogP contribution in [-0.2, 0) is 31.9 Å². The molecular formula is C45H42N5OPt-3. The molecule has 0 bridgehead atoms. The molecule has 7 aromatic rings. The number of hydrogen-bond acceptors (Lipinski definition) is 5. The zero-order chi connectivity index (χ0) is 35.7. The minimum atomic E-state index is -0.00972. The monoisotopic (exact) mass is 863 g/mol. The van der Waals surface area contributed by atoms with Crippen molar-refractivity contribution in [3.63, 3.8) is 0 Å². The van der Waals surface area contributed by atoms with Gasteiger partial charge in [0.25, 0.3) is 0 Å². The Hall–Kier alpha value is -4.93. The molecule has 0 N–H and O–H groups in total. The second-order valence-corrected chi connectivity index (χ2v) is 15.5. The van der Waals surface area contributed by atoms with Gasteiger partial charge in [0.15, 0.2) is 0 Å². The van der Waals surface area contributed by atoms with Gasteiger partial charge in [-0.1, -0.05) is 77.4 Å². The molecular weight excluding hydrogens is 822 g/mol. The van der Waals surface area contributed by atoms with Crippen molar-refractivity contribution in [2.75, 3.05) is 9.80 Å². The van der Waals surface area contributed by atoms with Crippen LogP contribution in [0.3, 0.4) is 0 Å². The predicted octanol–water partition coefficient (Wildman–Crippen LogP) is 11.6. The number of fused-ring (bicyclic) bond motifs is 4. The molecule has 266 valence electrons.